The molecule has 0 saturated carbocycles. The van der Waals surface area contributed by atoms with Crippen molar-refractivity contribution in [3.05, 3.63) is 34.9 Å². The standard InChI is InChI=1S/C13H19NO/c1-9(2)12-7-5-6-10(3)13(12)8-14-11(4)15/h5-7,9H,8H2,1-4H3,(H,14,15). The summed E-state index contributed by atoms with van der Waals surface area (Å²) >= 11 is 0. The van der Waals surface area contributed by atoms with Gasteiger partial charge in [-0.15, -0.1) is 0 Å². The molecule has 1 aromatic rings. The molecule has 0 aliphatic carbocycles. The number of carbonyl (C=O) groups excluding carboxylic acids is 1. The second-order valence-corrected chi connectivity index (χ2v) is 4.21. The molecule has 1 aromatic carbocycles. The molecule has 0 aliphatic rings. The molecule has 0 unspecified atom stereocenters. The Hall–Kier alpha value is -1.31. The van der Waals surface area contributed by atoms with E-state index in [0.29, 0.717) is 12.5 Å². The Balaban J connectivity index is 2.97. The van der Waals surface area contributed by atoms with Gasteiger partial charge in [0.25, 0.3) is 0 Å². The van der Waals surface area contributed by atoms with E-state index in [1.54, 1.807) is 6.92 Å². The van der Waals surface area contributed by atoms with Crippen LogP contribution in [0.5, 0.6) is 0 Å². The second-order valence-electron chi connectivity index (χ2n) is 4.21. The summed E-state index contributed by atoms with van der Waals surface area (Å²) in [5, 5.41) is 2.86. The molecule has 0 radical (unpaired) electrons. The fourth-order valence-electron chi connectivity index (χ4n) is 1.72. The van der Waals surface area contributed by atoms with Crippen molar-refractivity contribution >= 4 is 5.91 Å². The minimum Gasteiger partial charge on any atom is -0.352 e. The van der Waals surface area contributed by atoms with Crippen molar-refractivity contribution in [2.45, 2.75) is 40.2 Å². The van der Waals surface area contributed by atoms with Crippen molar-refractivity contribution in [3.63, 3.8) is 0 Å². The minimum absolute atomic E-state index is 0.0213. The number of nitrogens with one attached hydrogen (secondary N) is 1. The quantitative estimate of drug-likeness (QED) is 0.807. The summed E-state index contributed by atoms with van der Waals surface area (Å²) in [6, 6.07) is 6.29. The second kappa shape index (κ2) is 4.96. The molecule has 82 valence electrons. The highest BCUT2D eigenvalue weighted by Gasteiger charge is 2.08. The maximum Gasteiger partial charge on any atom is 0.217 e. The summed E-state index contributed by atoms with van der Waals surface area (Å²) in [7, 11) is 0. The van der Waals surface area contributed by atoms with Crippen LogP contribution in [0, 0.1) is 6.92 Å². The molecular weight excluding hydrogens is 186 g/mol. The van der Waals surface area contributed by atoms with Crippen LogP contribution in [-0.2, 0) is 11.3 Å². The Morgan fingerprint density at radius 3 is 2.60 bits per heavy atom. The van der Waals surface area contributed by atoms with Crippen LogP contribution >= 0.6 is 0 Å². The predicted octanol–water partition coefficient (Wildman–Crippen LogP) is 2.75. The highest BCUT2D eigenvalue weighted by Crippen LogP contribution is 2.22. The first-order valence-electron chi connectivity index (χ1n) is 5.35. The molecule has 1 amide bonds. The number of benzene rings is 1. The minimum atomic E-state index is 0.0213. The first-order chi connectivity index (χ1) is 7.02. The van der Waals surface area contributed by atoms with E-state index in [1.807, 2.05) is 0 Å². The topological polar surface area (TPSA) is 29.1 Å². The molecule has 1 rings (SSSR count). The summed E-state index contributed by atoms with van der Waals surface area (Å²) in [5.41, 5.74) is 3.82. The molecular formula is C13H19NO. The molecule has 0 aliphatic heterocycles. The first kappa shape index (κ1) is 11.8. The van der Waals surface area contributed by atoms with E-state index in [2.05, 4.69) is 44.3 Å². The number of hydrogen-bond acceptors (Lipinski definition) is 1. The van der Waals surface area contributed by atoms with E-state index < -0.39 is 0 Å². The van der Waals surface area contributed by atoms with Crippen LogP contribution < -0.4 is 5.32 Å². The molecule has 15 heavy (non-hydrogen) atoms. The van der Waals surface area contributed by atoms with Gasteiger partial charge < -0.3 is 5.32 Å². The Bertz CT molecular complexity index is 356. The Kier molecular flexibility index (Phi) is 3.89. The maximum absolute atomic E-state index is 10.9. The van der Waals surface area contributed by atoms with Crippen LogP contribution in [0.1, 0.15) is 43.4 Å². The van der Waals surface area contributed by atoms with Gasteiger partial charge in [0.1, 0.15) is 0 Å². The van der Waals surface area contributed by atoms with Crippen LogP contribution in [0.25, 0.3) is 0 Å². The van der Waals surface area contributed by atoms with E-state index in [-0.39, 0.29) is 5.91 Å². The van der Waals surface area contributed by atoms with E-state index in [9.17, 15) is 4.79 Å². The highest BCUT2D eigenvalue weighted by molar-refractivity contribution is 5.72. The fourth-order valence-corrected chi connectivity index (χ4v) is 1.72. The van der Waals surface area contributed by atoms with Crippen molar-refractivity contribution in [2.75, 3.05) is 0 Å². The molecule has 0 saturated heterocycles. The molecule has 0 spiro atoms. The average molecular weight is 205 g/mol. The van der Waals surface area contributed by atoms with Crippen LogP contribution in [0.2, 0.25) is 0 Å². The lowest BCUT2D eigenvalue weighted by atomic mass is 9.94. The third-order valence-electron chi connectivity index (χ3n) is 2.58. The fraction of sp³-hybridized carbons (Fsp3) is 0.462. The molecule has 0 bridgehead atoms. The van der Waals surface area contributed by atoms with Gasteiger partial charge in [0.05, 0.1) is 0 Å². The Morgan fingerprint density at radius 2 is 2.07 bits per heavy atom. The van der Waals surface area contributed by atoms with E-state index in [1.165, 1.54) is 16.7 Å². The first-order valence-corrected chi connectivity index (χ1v) is 5.35. The number of hydrogen-bond donors (Lipinski definition) is 1. The third-order valence-corrected chi connectivity index (χ3v) is 2.58. The number of aryl methyl sites for hydroxylation is 1. The summed E-state index contributed by atoms with van der Waals surface area (Å²) in [6.07, 6.45) is 0. The third kappa shape index (κ3) is 3.08. The smallest absolute Gasteiger partial charge is 0.217 e. The SMILES string of the molecule is CC(=O)NCc1c(C)cccc1C(C)C. The number of amides is 1. The molecule has 0 heterocycles. The van der Waals surface area contributed by atoms with Crippen LogP contribution in [0.4, 0.5) is 0 Å². The van der Waals surface area contributed by atoms with E-state index in [0.717, 1.165) is 0 Å². The van der Waals surface area contributed by atoms with Gasteiger partial charge in [-0.3, -0.25) is 4.79 Å². The lowest BCUT2D eigenvalue weighted by Gasteiger charge is -2.15. The van der Waals surface area contributed by atoms with Gasteiger partial charge >= 0.3 is 0 Å². The summed E-state index contributed by atoms with van der Waals surface area (Å²) in [6.45, 7) is 8.62. The lowest BCUT2D eigenvalue weighted by molar-refractivity contribution is -0.119. The van der Waals surface area contributed by atoms with Crippen molar-refractivity contribution in [1.29, 1.82) is 0 Å². The van der Waals surface area contributed by atoms with Gasteiger partial charge in [-0.2, -0.15) is 0 Å². The van der Waals surface area contributed by atoms with Gasteiger partial charge in [-0.25, -0.2) is 0 Å². The summed E-state index contributed by atoms with van der Waals surface area (Å²) < 4.78 is 0. The molecule has 0 fully saturated rings. The van der Waals surface area contributed by atoms with Crippen LogP contribution in [0.15, 0.2) is 18.2 Å². The zero-order valence-electron chi connectivity index (χ0n) is 9.92. The molecule has 2 heteroatoms. The van der Waals surface area contributed by atoms with Crippen molar-refractivity contribution < 1.29 is 4.79 Å². The van der Waals surface area contributed by atoms with Crippen molar-refractivity contribution in [1.82, 2.24) is 5.32 Å². The molecule has 1 N–H and O–H groups in total. The Morgan fingerprint density at radius 1 is 1.40 bits per heavy atom. The predicted molar refractivity (Wildman–Crippen MR) is 62.8 cm³/mol. The zero-order valence-corrected chi connectivity index (χ0v) is 9.92. The van der Waals surface area contributed by atoms with Crippen LogP contribution in [0.3, 0.4) is 0 Å². The van der Waals surface area contributed by atoms with E-state index in [4.69, 9.17) is 0 Å². The van der Waals surface area contributed by atoms with Gasteiger partial charge in [0.15, 0.2) is 0 Å². The van der Waals surface area contributed by atoms with Gasteiger partial charge in [0, 0.05) is 13.5 Å². The summed E-state index contributed by atoms with van der Waals surface area (Å²) in [5.74, 6) is 0.515. The van der Waals surface area contributed by atoms with Gasteiger partial charge in [-0.1, -0.05) is 32.0 Å². The molecule has 0 aromatic heterocycles. The number of carbonyl (C=O) groups is 1. The van der Waals surface area contributed by atoms with Crippen LogP contribution in [-0.4, -0.2) is 5.91 Å². The van der Waals surface area contributed by atoms with Gasteiger partial charge in [-0.05, 0) is 29.5 Å². The average Bonchev–Trinajstić information content (AvgIpc) is 2.15. The highest BCUT2D eigenvalue weighted by atomic mass is 16.1. The normalized spacial score (nSPS) is 10.5. The largest absolute Gasteiger partial charge is 0.352 e. The van der Waals surface area contributed by atoms with E-state index >= 15 is 0 Å². The number of rotatable bonds is 3. The summed E-state index contributed by atoms with van der Waals surface area (Å²) in [4.78, 5) is 10.9. The molecule has 0 atom stereocenters. The zero-order chi connectivity index (χ0) is 11.4. The lowest BCUT2D eigenvalue weighted by Crippen LogP contribution is -2.20. The monoisotopic (exact) mass is 205 g/mol. The molecule has 2 nitrogen and oxygen atoms in total. The van der Waals surface area contributed by atoms with Crippen molar-refractivity contribution in [3.8, 4) is 0 Å². The van der Waals surface area contributed by atoms with Gasteiger partial charge in [0.2, 0.25) is 5.91 Å². The maximum atomic E-state index is 10.9. The Labute approximate surface area is 91.7 Å². The van der Waals surface area contributed by atoms with Crippen molar-refractivity contribution in [2.24, 2.45) is 0 Å².